The smallest absolute Gasteiger partial charge is 0.253 e. The molecule has 3 fully saturated rings. The Kier molecular flexibility index (Phi) is 6.74. The van der Waals surface area contributed by atoms with Crippen LogP contribution < -0.4 is 5.32 Å². The van der Waals surface area contributed by atoms with Gasteiger partial charge in [0.25, 0.3) is 5.91 Å². The lowest BCUT2D eigenvalue weighted by molar-refractivity contribution is -0.125. The molecule has 0 aliphatic carbocycles. The Morgan fingerprint density at radius 2 is 1.61 bits per heavy atom. The fraction of sp³-hybridized carbons (Fsp3) is 0.481. The van der Waals surface area contributed by atoms with Crippen LogP contribution >= 0.6 is 0 Å². The summed E-state index contributed by atoms with van der Waals surface area (Å²) in [6.07, 6.45) is 1.69. The van der Waals surface area contributed by atoms with Crippen LogP contribution in [0, 0.1) is 17.8 Å². The van der Waals surface area contributed by atoms with Crippen molar-refractivity contribution in [3.05, 3.63) is 71.8 Å². The summed E-state index contributed by atoms with van der Waals surface area (Å²) in [7, 11) is 0. The first-order valence-corrected chi connectivity index (χ1v) is 12.2. The molecule has 0 saturated carbocycles. The molecule has 6 heteroatoms. The molecule has 2 aromatic carbocycles. The molecular formula is C27H33N3O3. The summed E-state index contributed by atoms with van der Waals surface area (Å²) in [5, 5.41) is 3.29. The monoisotopic (exact) mass is 447 g/mol. The summed E-state index contributed by atoms with van der Waals surface area (Å²) in [6, 6.07) is 19.9. The second-order valence-electron chi connectivity index (χ2n) is 9.68. The maximum Gasteiger partial charge on any atom is 0.253 e. The van der Waals surface area contributed by atoms with E-state index in [1.807, 2.05) is 53.4 Å². The van der Waals surface area contributed by atoms with Gasteiger partial charge < -0.3 is 19.9 Å². The molecule has 0 bridgehead atoms. The molecule has 1 N–H and O–H groups in total. The number of carbonyl (C=O) groups excluding carboxylic acids is 2. The lowest BCUT2D eigenvalue weighted by Gasteiger charge is -2.25. The van der Waals surface area contributed by atoms with Gasteiger partial charge in [0, 0.05) is 44.9 Å². The molecule has 4 atom stereocenters. The van der Waals surface area contributed by atoms with E-state index < -0.39 is 0 Å². The van der Waals surface area contributed by atoms with E-state index in [9.17, 15) is 9.59 Å². The van der Waals surface area contributed by atoms with Crippen molar-refractivity contribution in [3.63, 3.8) is 0 Å². The number of amides is 2. The lowest BCUT2D eigenvalue weighted by Crippen LogP contribution is -2.37. The second-order valence-corrected chi connectivity index (χ2v) is 9.68. The van der Waals surface area contributed by atoms with E-state index in [0.717, 1.165) is 56.7 Å². The quantitative estimate of drug-likeness (QED) is 0.709. The maximum atomic E-state index is 12.8. The number of carbonyl (C=O) groups is 2. The third-order valence-electron chi connectivity index (χ3n) is 7.42. The Bertz CT molecular complexity index is 932. The zero-order valence-corrected chi connectivity index (χ0v) is 19.1. The predicted molar refractivity (Wildman–Crippen MR) is 127 cm³/mol. The normalized spacial score (nSPS) is 25.7. The van der Waals surface area contributed by atoms with Crippen LogP contribution in [0.25, 0.3) is 0 Å². The number of likely N-dealkylation sites (tertiary alicyclic amines) is 2. The molecule has 0 spiro atoms. The Morgan fingerprint density at radius 1 is 0.939 bits per heavy atom. The van der Waals surface area contributed by atoms with Gasteiger partial charge in [-0.15, -0.1) is 0 Å². The first-order valence-electron chi connectivity index (χ1n) is 12.2. The minimum Gasteiger partial charge on any atom is -0.381 e. The molecule has 3 aliphatic rings. The van der Waals surface area contributed by atoms with Gasteiger partial charge in [-0.2, -0.15) is 0 Å². The third kappa shape index (κ3) is 5.12. The summed E-state index contributed by atoms with van der Waals surface area (Å²) in [5.41, 5.74) is 1.94. The molecule has 3 heterocycles. The van der Waals surface area contributed by atoms with Crippen LogP contribution in [-0.4, -0.2) is 67.6 Å². The average Bonchev–Trinajstić information content (AvgIpc) is 3.59. The highest BCUT2D eigenvalue weighted by molar-refractivity contribution is 5.94. The number of benzene rings is 2. The van der Waals surface area contributed by atoms with E-state index in [1.54, 1.807) is 0 Å². The van der Waals surface area contributed by atoms with Crippen molar-refractivity contribution in [2.24, 2.45) is 17.8 Å². The topological polar surface area (TPSA) is 61.9 Å². The fourth-order valence-electron chi connectivity index (χ4n) is 5.55. The summed E-state index contributed by atoms with van der Waals surface area (Å²) in [4.78, 5) is 30.1. The highest BCUT2D eigenvalue weighted by atomic mass is 16.5. The Balaban J connectivity index is 1.15. The summed E-state index contributed by atoms with van der Waals surface area (Å²) < 4.78 is 5.41. The van der Waals surface area contributed by atoms with Crippen LogP contribution in [0.1, 0.15) is 34.8 Å². The Labute approximate surface area is 195 Å². The number of hydrogen-bond acceptors (Lipinski definition) is 4. The largest absolute Gasteiger partial charge is 0.381 e. The van der Waals surface area contributed by atoms with Crippen molar-refractivity contribution >= 4 is 11.8 Å². The minimum absolute atomic E-state index is 0.0101. The highest BCUT2D eigenvalue weighted by Crippen LogP contribution is 2.32. The molecule has 3 saturated heterocycles. The molecule has 3 aliphatic heterocycles. The summed E-state index contributed by atoms with van der Waals surface area (Å²) in [5.74, 6) is 1.31. The number of nitrogens with one attached hydrogen (secondary N) is 1. The molecule has 0 radical (unpaired) electrons. The fourth-order valence-corrected chi connectivity index (χ4v) is 5.55. The van der Waals surface area contributed by atoms with Gasteiger partial charge in [-0.1, -0.05) is 48.5 Å². The minimum atomic E-state index is -0.0320. The van der Waals surface area contributed by atoms with E-state index in [-0.39, 0.29) is 23.8 Å². The van der Waals surface area contributed by atoms with Gasteiger partial charge in [0.1, 0.15) is 0 Å². The SMILES string of the molecule is O=C(NC(CCN1CC2CN(C(=O)c3ccccc3)C[C@@H]2C1)c1ccccc1)C1CCOC1. The first kappa shape index (κ1) is 22.1. The zero-order chi connectivity index (χ0) is 22.6. The zero-order valence-electron chi connectivity index (χ0n) is 19.1. The lowest BCUT2D eigenvalue weighted by atomic mass is 10.0. The highest BCUT2D eigenvalue weighted by Gasteiger charge is 2.41. The first-order chi connectivity index (χ1) is 16.2. The van der Waals surface area contributed by atoms with Crippen LogP contribution in [0.15, 0.2) is 60.7 Å². The van der Waals surface area contributed by atoms with E-state index in [2.05, 4.69) is 22.3 Å². The summed E-state index contributed by atoms with van der Waals surface area (Å²) >= 11 is 0. The van der Waals surface area contributed by atoms with Gasteiger partial charge >= 0.3 is 0 Å². The predicted octanol–water partition coefficient (Wildman–Crippen LogP) is 2.97. The standard InChI is InChI=1S/C27H33N3O3/c31-26(22-12-14-33-19-22)28-25(20-7-3-1-4-8-20)11-13-29-15-23-17-30(18-24(23)16-29)27(32)21-9-5-2-6-10-21/h1-10,22-25H,11-19H2,(H,28,31)/t22?,23-,24?,25?/m0/s1. The van der Waals surface area contributed by atoms with Gasteiger partial charge in [0.15, 0.2) is 0 Å². The number of hydrogen-bond donors (Lipinski definition) is 1. The molecule has 2 amide bonds. The molecule has 6 nitrogen and oxygen atoms in total. The molecule has 5 rings (SSSR count). The maximum absolute atomic E-state index is 12.8. The number of nitrogens with zero attached hydrogens (tertiary/aromatic N) is 2. The summed E-state index contributed by atoms with van der Waals surface area (Å²) in [6.45, 7) is 5.88. The van der Waals surface area contributed by atoms with Crippen molar-refractivity contribution < 1.29 is 14.3 Å². The molecule has 0 aromatic heterocycles. The van der Waals surface area contributed by atoms with Gasteiger partial charge in [-0.3, -0.25) is 9.59 Å². The van der Waals surface area contributed by atoms with Crippen molar-refractivity contribution in [2.75, 3.05) is 45.9 Å². The van der Waals surface area contributed by atoms with Crippen LogP contribution in [0.5, 0.6) is 0 Å². The van der Waals surface area contributed by atoms with Gasteiger partial charge in [-0.05, 0) is 42.4 Å². The van der Waals surface area contributed by atoms with E-state index in [4.69, 9.17) is 4.74 Å². The van der Waals surface area contributed by atoms with Crippen LogP contribution in [0.4, 0.5) is 0 Å². The number of ether oxygens (including phenoxy) is 1. The van der Waals surface area contributed by atoms with Crippen LogP contribution in [-0.2, 0) is 9.53 Å². The Morgan fingerprint density at radius 3 is 2.24 bits per heavy atom. The van der Waals surface area contributed by atoms with Gasteiger partial charge in [0.2, 0.25) is 5.91 Å². The molecule has 3 unspecified atom stereocenters. The van der Waals surface area contributed by atoms with E-state index in [0.29, 0.717) is 25.0 Å². The van der Waals surface area contributed by atoms with Crippen molar-refractivity contribution in [3.8, 4) is 0 Å². The number of fused-ring (bicyclic) bond motifs is 1. The molecular weight excluding hydrogens is 414 g/mol. The van der Waals surface area contributed by atoms with Gasteiger partial charge in [0.05, 0.1) is 18.6 Å². The third-order valence-corrected chi connectivity index (χ3v) is 7.42. The van der Waals surface area contributed by atoms with Crippen LogP contribution in [0.3, 0.4) is 0 Å². The number of rotatable bonds is 7. The van der Waals surface area contributed by atoms with Crippen molar-refractivity contribution in [2.45, 2.75) is 18.9 Å². The van der Waals surface area contributed by atoms with E-state index in [1.165, 1.54) is 0 Å². The average molecular weight is 448 g/mol. The molecule has 33 heavy (non-hydrogen) atoms. The second kappa shape index (κ2) is 10.1. The Hall–Kier alpha value is -2.70. The van der Waals surface area contributed by atoms with Crippen molar-refractivity contribution in [1.29, 1.82) is 0 Å². The molecule has 174 valence electrons. The molecule has 2 aromatic rings. The van der Waals surface area contributed by atoms with Crippen LogP contribution in [0.2, 0.25) is 0 Å². The van der Waals surface area contributed by atoms with Crippen molar-refractivity contribution in [1.82, 2.24) is 15.1 Å². The van der Waals surface area contributed by atoms with E-state index >= 15 is 0 Å². The van der Waals surface area contributed by atoms with Gasteiger partial charge in [-0.25, -0.2) is 0 Å².